The molecule has 7 heteroatoms. The molecule has 2 unspecified atom stereocenters. The first-order chi connectivity index (χ1) is 17.7. The molecule has 2 atom stereocenters. The third-order valence-electron chi connectivity index (χ3n) is 7.01. The summed E-state index contributed by atoms with van der Waals surface area (Å²) in [6.07, 6.45) is 0.500. The van der Waals surface area contributed by atoms with E-state index in [-0.39, 0.29) is 6.10 Å². The highest BCUT2D eigenvalue weighted by Gasteiger charge is 2.16. The van der Waals surface area contributed by atoms with Gasteiger partial charge in [0.05, 0.1) is 31.5 Å². The lowest BCUT2D eigenvalue weighted by molar-refractivity contribution is 0.0352. The highest BCUT2D eigenvalue weighted by Crippen LogP contribution is 2.18. The van der Waals surface area contributed by atoms with Gasteiger partial charge in [-0.2, -0.15) is 0 Å². The maximum Gasteiger partial charge on any atom is 0.0947 e. The SMILES string of the molecule is COC(C)CN(C)C(C)C.COC(CN(C)C(C)C)c1ccc(C)cc1.COCC(COC)N(C)C(C)C. The lowest BCUT2D eigenvalue weighted by atomic mass is 10.1. The van der Waals surface area contributed by atoms with E-state index in [1.54, 1.807) is 28.4 Å². The van der Waals surface area contributed by atoms with Gasteiger partial charge in [0, 0.05) is 59.7 Å². The van der Waals surface area contributed by atoms with E-state index in [9.17, 15) is 0 Å². The van der Waals surface area contributed by atoms with Crippen molar-refractivity contribution < 1.29 is 18.9 Å². The number of hydrogen-bond donors (Lipinski definition) is 0. The standard InChI is InChI=1S/C14H23NO.C9H21NO2.C8H19NO/c1-11(2)15(4)10-14(16-5)13-8-6-12(3)7-9-13;1-8(2)10(3)9(6-11-4)7-12-5;1-7(2)9(4)6-8(3)10-5/h6-9,11,14H,10H2,1-5H3;8-9H,6-7H2,1-5H3;7-8H,6H2,1-5H3. The monoisotopic (exact) mass is 541 g/mol. The molecule has 1 aromatic carbocycles. The zero-order valence-corrected chi connectivity index (χ0v) is 27.6. The quantitative estimate of drug-likeness (QED) is 0.296. The molecule has 0 aliphatic heterocycles. The van der Waals surface area contributed by atoms with E-state index in [4.69, 9.17) is 18.9 Å². The maximum absolute atomic E-state index is 5.56. The molecule has 7 nitrogen and oxygen atoms in total. The summed E-state index contributed by atoms with van der Waals surface area (Å²) in [4.78, 5) is 6.83. The molecule has 0 aromatic heterocycles. The second-order valence-corrected chi connectivity index (χ2v) is 11.1. The fourth-order valence-corrected chi connectivity index (χ4v) is 3.35. The van der Waals surface area contributed by atoms with Crippen LogP contribution in [0.5, 0.6) is 0 Å². The summed E-state index contributed by atoms with van der Waals surface area (Å²) in [6, 6.07) is 10.6. The van der Waals surface area contributed by atoms with Gasteiger partial charge in [0.1, 0.15) is 0 Å². The number of likely N-dealkylation sites (N-methyl/N-ethyl adjacent to an activating group) is 3. The summed E-state index contributed by atoms with van der Waals surface area (Å²) >= 11 is 0. The molecule has 0 saturated carbocycles. The molecule has 0 radical (unpaired) electrons. The lowest BCUT2D eigenvalue weighted by Gasteiger charge is -2.30. The minimum Gasteiger partial charge on any atom is -0.383 e. The molecule has 0 saturated heterocycles. The molecule has 0 amide bonds. The fraction of sp³-hybridized carbons (Fsp3) is 0.806. The average molecular weight is 542 g/mol. The first-order valence-corrected chi connectivity index (χ1v) is 14.0. The summed E-state index contributed by atoms with van der Waals surface area (Å²) in [5.41, 5.74) is 2.54. The normalized spacial score (nSPS) is 13.3. The second kappa shape index (κ2) is 22.7. The van der Waals surface area contributed by atoms with E-state index in [0.29, 0.717) is 30.3 Å². The molecular formula is C31H63N3O4. The van der Waals surface area contributed by atoms with Crippen LogP contribution in [0.3, 0.4) is 0 Å². The average Bonchev–Trinajstić information content (AvgIpc) is 2.87. The third-order valence-corrected chi connectivity index (χ3v) is 7.01. The zero-order valence-electron chi connectivity index (χ0n) is 27.6. The first-order valence-electron chi connectivity index (χ1n) is 14.0. The van der Waals surface area contributed by atoms with Gasteiger partial charge in [0.15, 0.2) is 0 Å². The molecule has 0 aliphatic rings. The van der Waals surface area contributed by atoms with Crippen LogP contribution in [0.1, 0.15) is 65.7 Å². The third kappa shape index (κ3) is 18.3. The lowest BCUT2D eigenvalue weighted by Crippen LogP contribution is -2.42. The van der Waals surface area contributed by atoms with Gasteiger partial charge in [0.2, 0.25) is 0 Å². The van der Waals surface area contributed by atoms with Crippen LogP contribution in [0.15, 0.2) is 24.3 Å². The summed E-state index contributed by atoms with van der Waals surface area (Å²) in [6.45, 7) is 20.7. The predicted octanol–water partition coefficient (Wildman–Crippen LogP) is 5.37. The second-order valence-electron chi connectivity index (χ2n) is 11.1. The largest absolute Gasteiger partial charge is 0.383 e. The number of hydrogen-bond acceptors (Lipinski definition) is 7. The van der Waals surface area contributed by atoms with Crippen molar-refractivity contribution in [1.82, 2.24) is 14.7 Å². The van der Waals surface area contributed by atoms with Crippen LogP contribution in [0.2, 0.25) is 0 Å². The summed E-state index contributed by atoms with van der Waals surface area (Å²) in [5, 5.41) is 0. The Labute approximate surface area is 236 Å². The Morgan fingerprint density at radius 1 is 0.632 bits per heavy atom. The Balaban J connectivity index is 0. The fourth-order valence-electron chi connectivity index (χ4n) is 3.35. The topological polar surface area (TPSA) is 46.6 Å². The molecule has 1 aromatic rings. The minimum atomic E-state index is 0.160. The Bertz CT molecular complexity index is 649. The van der Waals surface area contributed by atoms with E-state index in [1.807, 2.05) is 0 Å². The van der Waals surface area contributed by atoms with Gasteiger partial charge in [-0.1, -0.05) is 29.8 Å². The van der Waals surface area contributed by atoms with Gasteiger partial charge in [0.25, 0.3) is 0 Å². The van der Waals surface area contributed by atoms with Crippen LogP contribution in [0, 0.1) is 6.92 Å². The molecule has 0 bridgehead atoms. The Kier molecular flexibility index (Phi) is 23.4. The Hall–Kier alpha value is -1.06. The van der Waals surface area contributed by atoms with Crippen molar-refractivity contribution in [2.45, 2.75) is 91.8 Å². The van der Waals surface area contributed by atoms with Crippen LogP contribution in [-0.4, -0.2) is 121 Å². The number of methoxy groups -OCH3 is 4. The van der Waals surface area contributed by atoms with Gasteiger partial charge in [-0.15, -0.1) is 0 Å². The molecule has 226 valence electrons. The maximum atomic E-state index is 5.56. The van der Waals surface area contributed by atoms with Crippen LogP contribution in [0.25, 0.3) is 0 Å². The highest BCUT2D eigenvalue weighted by molar-refractivity contribution is 5.23. The van der Waals surface area contributed by atoms with Crippen LogP contribution in [-0.2, 0) is 18.9 Å². The predicted molar refractivity (Wildman–Crippen MR) is 163 cm³/mol. The van der Waals surface area contributed by atoms with E-state index in [2.05, 4.69) is 115 Å². The van der Waals surface area contributed by atoms with Crippen LogP contribution < -0.4 is 0 Å². The van der Waals surface area contributed by atoms with Gasteiger partial charge >= 0.3 is 0 Å². The first kappa shape index (κ1) is 39.1. The molecule has 0 spiro atoms. The molecule has 0 heterocycles. The van der Waals surface area contributed by atoms with E-state index in [1.165, 1.54) is 11.1 Å². The van der Waals surface area contributed by atoms with E-state index >= 15 is 0 Å². The van der Waals surface area contributed by atoms with Crippen LogP contribution in [0.4, 0.5) is 0 Å². The van der Waals surface area contributed by atoms with Crippen molar-refractivity contribution in [3.8, 4) is 0 Å². The highest BCUT2D eigenvalue weighted by atomic mass is 16.5. The number of rotatable bonds is 15. The van der Waals surface area contributed by atoms with E-state index < -0.39 is 0 Å². The minimum absolute atomic E-state index is 0.160. The molecule has 1 rings (SSSR count). The molecule has 38 heavy (non-hydrogen) atoms. The molecular weight excluding hydrogens is 478 g/mol. The number of ether oxygens (including phenoxy) is 4. The smallest absolute Gasteiger partial charge is 0.0947 e. The van der Waals surface area contributed by atoms with Crippen molar-refractivity contribution in [2.24, 2.45) is 0 Å². The number of nitrogens with zero attached hydrogens (tertiary/aromatic N) is 3. The van der Waals surface area contributed by atoms with Crippen molar-refractivity contribution in [3.63, 3.8) is 0 Å². The summed E-state index contributed by atoms with van der Waals surface area (Å²) in [5.74, 6) is 0. The Morgan fingerprint density at radius 3 is 1.42 bits per heavy atom. The van der Waals surface area contributed by atoms with Gasteiger partial charge < -0.3 is 28.7 Å². The van der Waals surface area contributed by atoms with Gasteiger partial charge in [-0.05, 0) is 82.1 Å². The molecule has 0 fully saturated rings. The van der Waals surface area contributed by atoms with Crippen molar-refractivity contribution in [3.05, 3.63) is 35.4 Å². The molecule has 0 aliphatic carbocycles. The molecule has 0 N–H and O–H groups in total. The van der Waals surface area contributed by atoms with Gasteiger partial charge in [-0.3, -0.25) is 4.90 Å². The van der Waals surface area contributed by atoms with Gasteiger partial charge in [-0.25, -0.2) is 0 Å². The summed E-state index contributed by atoms with van der Waals surface area (Å²) in [7, 11) is 13.3. The summed E-state index contributed by atoms with van der Waals surface area (Å²) < 4.78 is 20.9. The number of aryl methyl sites for hydroxylation is 1. The Morgan fingerprint density at radius 2 is 1.08 bits per heavy atom. The zero-order chi connectivity index (χ0) is 29.8. The van der Waals surface area contributed by atoms with Crippen LogP contribution >= 0.6 is 0 Å². The van der Waals surface area contributed by atoms with Crippen molar-refractivity contribution in [1.29, 1.82) is 0 Å². The van der Waals surface area contributed by atoms with Crippen molar-refractivity contribution in [2.75, 3.05) is 75.9 Å². The van der Waals surface area contributed by atoms with E-state index in [0.717, 1.165) is 26.3 Å². The van der Waals surface area contributed by atoms with Crippen molar-refractivity contribution >= 4 is 0 Å². The number of benzene rings is 1.